The van der Waals surface area contributed by atoms with E-state index in [0.29, 0.717) is 37.7 Å². The van der Waals surface area contributed by atoms with E-state index in [9.17, 15) is 36.8 Å². The number of nitrogens with one attached hydrogen (secondary N) is 3. The fourth-order valence-corrected chi connectivity index (χ4v) is 9.71. The third-order valence-electron chi connectivity index (χ3n) is 11.5. The first-order valence-electron chi connectivity index (χ1n) is 19.5. The summed E-state index contributed by atoms with van der Waals surface area (Å²) >= 11 is 0. The number of nitrogens with zero attached hydrogens (tertiary/aromatic N) is 2. The van der Waals surface area contributed by atoms with E-state index in [0.717, 1.165) is 24.0 Å². The SMILES string of the molecule is CC(C)(C)OC(=O)N[C@@H]1CCCCC/C=C\[C@H]2C[C@@]2(C(=O)NS(=O)(=O)C2CC2)NC(=O)[C@@H]2[C@H]3CN(C(=O)c4cccc(-c5ccc(F)cc5)c4)C[C@H]3CN2C1=O. The molecule has 5 amide bonds. The molecule has 15 heteroatoms. The van der Waals surface area contributed by atoms with Crippen LogP contribution in [-0.2, 0) is 29.1 Å². The standard InChI is InChI=1S/C41H50FN5O8S/c1-40(2,3)55-39(52)43-33-13-8-6-4-5-7-12-29-21-41(29,38(51)45-56(53,54)31-18-19-31)44-35(48)34-32-24-46(22-28(32)23-47(34)37(33)50)36(49)27-11-9-10-26(20-27)25-14-16-30(42)17-15-25/h7,9-12,14-17,20,28-29,31-34H,4-6,8,13,18-19,21-24H2,1-3H3,(H,43,52)(H,44,48)(H,45,51)/b12-7-/t28-,29-,32-,33+,34-,41+/m0/s1. The zero-order valence-corrected chi connectivity index (χ0v) is 32.8. The number of sulfonamides is 1. The lowest BCUT2D eigenvalue weighted by atomic mass is 9.93. The maximum absolute atomic E-state index is 14.7. The summed E-state index contributed by atoms with van der Waals surface area (Å²) in [6, 6.07) is 10.9. The minimum Gasteiger partial charge on any atom is -0.444 e. The van der Waals surface area contributed by atoms with Crippen LogP contribution in [0.25, 0.3) is 11.1 Å². The van der Waals surface area contributed by atoms with Crippen molar-refractivity contribution in [1.29, 1.82) is 0 Å². The van der Waals surface area contributed by atoms with E-state index in [1.807, 2.05) is 18.2 Å². The molecule has 3 N–H and O–H groups in total. The molecular formula is C41H50FN5O8S. The molecule has 0 aromatic heterocycles. The molecule has 0 spiro atoms. The molecule has 6 atom stereocenters. The lowest BCUT2D eigenvalue weighted by Crippen LogP contribution is -2.60. The van der Waals surface area contributed by atoms with Crippen LogP contribution in [0.1, 0.15) is 82.5 Å². The average molecular weight is 792 g/mol. The van der Waals surface area contributed by atoms with Crippen molar-refractivity contribution in [3.63, 3.8) is 0 Å². The van der Waals surface area contributed by atoms with E-state index in [2.05, 4.69) is 15.4 Å². The minimum atomic E-state index is -3.92. The number of allylic oxidation sites excluding steroid dienone is 1. The zero-order valence-electron chi connectivity index (χ0n) is 32.0. The monoisotopic (exact) mass is 791 g/mol. The Labute approximate surface area is 326 Å². The van der Waals surface area contributed by atoms with Crippen LogP contribution in [0.5, 0.6) is 0 Å². The second-order valence-electron chi connectivity index (χ2n) is 16.9. The number of amides is 5. The predicted molar refractivity (Wildman–Crippen MR) is 205 cm³/mol. The zero-order chi connectivity index (χ0) is 40.0. The average Bonchev–Trinajstić information content (AvgIpc) is 4.04. The van der Waals surface area contributed by atoms with Crippen molar-refractivity contribution in [2.75, 3.05) is 19.6 Å². The third-order valence-corrected chi connectivity index (χ3v) is 13.3. The van der Waals surface area contributed by atoms with E-state index >= 15 is 0 Å². The fourth-order valence-electron chi connectivity index (χ4n) is 8.34. The molecule has 7 rings (SSSR count). The topological polar surface area (TPSA) is 171 Å². The van der Waals surface area contributed by atoms with Gasteiger partial charge in [-0.2, -0.15) is 0 Å². The van der Waals surface area contributed by atoms with Crippen molar-refractivity contribution < 1.29 is 41.5 Å². The van der Waals surface area contributed by atoms with Crippen molar-refractivity contribution in [2.45, 2.75) is 101 Å². The molecule has 0 radical (unpaired) electrons. The van der Waals surface area contributed by atoms with Crippen molar-refractivity contribution in [2.24, 2.45) is 17.8 Å². The van der Waals surface area contributed by atoms with Crippen LogP contribution in [0.3, 0.4) is 0 Å². The molecule has 2 aromatic carbocycles. The number of halogens is 1. The Morgan fingerprint density at radius 2 is 1.70 bits per heavy atom. The summed E-state index contributed by atoms with van der Waals surface area (Å²) in [5.41, 5.74) is -0.467. The number of hydrogen-bond acceptors (Lipinski definition) is 8. The van der Waals surface area contributed by atoms with Gasteiger partial charge in [0.25, 0.3) is 11.8 Å². The molecule has 300 valence electrons. The van der Waals surface area contributed by atoms with Gasteiger partial charge >= 0.3 is 6.09 Å². The quantitative estimate of drug-likeness (QED) is 0.364. The normalized spacial score (nSPS) is 28.8. The summed E-state index contributed by atoms with van der Waals surface area (Å²) in [5, 5.41) is 5.02. The van der Waals surface area contributed by atoms with E-state index < -0.39 is 74.1 Å². The smallest absolute Gasteiger partial charge is 0.408 e. The van der Waals surface area contributed by atoms with Gasteiger partial charge in [-0.1, -0.05) is 49.3 Å². The molecular weight excluding hydrogens is 742 g/mol. The first-order valence-corrected chi connectivity index (χ1v) is 21.1. The molecule has 2 aromatic rings. The Kier molecular flexibility index (Phi) is 10.8. The number of fused-ring (bicyclic) bond motifs is 4. The molecule has 13 nitrogen and oxygen atoms in total. The van der Waals surface area contributed by atoms with Crippen LogP contribution < -0.4 is 15.4 Å². The molecule has 2 aliphatic carbocycles. The number of ether oxygens (including phenoxy) is 1. The van der Waals surface area contributed by atoms with E-state index in [1.165, 1.54) is 17.0 Å². The molecule has 5 aliphatic rings. The van der Waals surface area contributed by atoms with Crippen LogP contribution in [-0.4, -0.2) is 96.0 Å². The van der Waals surface area contributed by atoms with Gasteiger partial charge in [0.15, 0.2) is 0 Å². The summed E-state index contributed by atoms with van der Waals surface area (Å²) in [7, 11) is -3.92. The third kappa shape index (κ3) is 8.47. The maximum atomic E-state index is 14.7. The van der Waals surface area contributed by atoms with Crippen molar-refractivity contribution in [1.82, 2.24) is 25.2 Å². The predicted octanol–water partition coefficient (Wildman–Crippen LogP) is 4.29. The molecule has 0 unspecified atom stereocenters. The second-order valence-corrected chi connectivity index (χ2v) is 18.8. The Hall–Kier alpha value is -4.79. The molecule has 2 saturated heterocycles. The number of benzene rings is 2. The number of rotatable bonds is 6. The van der Waals surface area contributed by atoms with Crippen molar-refractivity contribution in [3.8, 4) is 11.1 Å². The largest absolute Gasteiger partial charge is 0.444 e. The molecule has 4 fully saturated rings. The number of alkyl carbamates (subject to hydrolysis) is 1. The maximum Gasteiger partial charge on any atom is 0.408 e. The van der Waals surface area contributed by atoms with Gasteiger partial charge in [0.2, 0.25) is 21.8 Å². The summed E-state index contributed by atoms with van der Waals surface area (Å²) in [6.07, 6.45) is 7.27. The lowest BCUT2D eigenvalue weighted by molar-refractivity contribution is -0.142. The van der Waals surface area contributed by atoms with Gasteiger partial charge in [-0.15, -0.1) is 0 Å². The number of carbonyl (C=O) groups is 5. The minimum absolute atomic E-state index is 0.117. The molecule has 0 bridgehead atoms. The van der Waals surface area contributed by atoms with E-state index in [4.69, 9.17) is 4.74 Å². The van der Waals surface area contributed by atoms with Crippen LogP contribution in [0.2, 0.25) is 0 Å². The lowest BCUT2D eigenvalue weighted by Gasteiger charge is -2.33. The summed E-state index contributed by atoms with van der Waals surface area (Å²) in [6.45, 7) is 5.66. The van der Waals surface area contributed by atoms with Crippen LogP contribution in [0.15, 0.2) is 60.7 Å². The highest BCUT2D eigenvalue weighted by Gasteiger charge is 2.63. The summed E-state index contributed by atoms with van der Waals surface area (Å²) in [5.74, 6) is -3.83. The Morgan fingerprint density at radius 1 is 0.946 bits per heavy atom. The van der Waals surface area contributed by atoms with Gasteiger partial charge in [0.05, 0.1) is 5.25 Å². The number of likely N-dealkylation sites (tertiary alicyclic amines) is 1. The number of hydrogen-bond donors (Lipinski definition) is 3. The molecule has 3 aliphatic heterocycles. The number of carbonyl (C=O) groups excluding carboxylic acids is 5. The van der Waals surface area contributed by atoms with Crippen LogP contribution in [0, 0.1) is 23.6 Å². The highest BCUT2D eigenvalue weighted by atomic mass is 32.2. The van der Waals surface area contributed by atoms with Gasteiger partial charge in [-0.05, 0) is 94.7 Å². The highest BCUT2D eigenvalue weighted by molar-refractivity contribution is 7.91. The van der Waals surface area contributed by atoms with E-state index in [-0.39, 0.29) is 43.7 Å². The second kappa shape index (κ2) is 15.3. The Bertz CT molecular complexity index is 2030. The Balaban J connectivity index is 1.18. The summed E-state index contributed by atoms with van der Waals surface area (Å²) < 4.78 is 47.1. The first-order chi connectivity index (χ1) is 26.5. The molecule has 56 heavy (non-hydrogen) atoms. The molecule has 2 saturated carbocycles. The van der Waals surface area contributed by atoms with Crippen molar-refractivity contribution in [3.05, 3.63) is 72.1 Å². The first kappa shape index (κ1) is 39.4. The van der Waals surface area contributed by atoms with E-state index in [1.54, 1.807) is 56.0 Å². The highest BCUT2D eigenvalue weighted by Crippen LogP contribution is 2.47. The van der Waals surface area contributed by atoms with Crippen LogP contribution >= 0.6 is 0 Å². The van der Waals surface area contributed by atoms with Gasteiger partial charge in [-0.3, -0.25) is 23.9 Å². The fraction of sp³-hybridized carbons (Fsp3) is 0.537. The van der Waals surface area contributed by atoms with Gasteiger partial charge in [-0.25, -0.2) is 17.6 Å². The van der Waals surface area contributed by atoms with Gasteiger partial charge < -0.3 is 25.2 Å². The van der Waals surface area contributed by atoms with Gasteiger partial charge in [0.1, 0.15) is 29.0 Å². The summed E-state index contributed by atoms with van der Waals surface area (Å²) in [4.78, 5) is 73.2. The van der Waals surface area contributed by atoms with Gasteiger partial charge in [0, 0.05) is 43.0 Å². The molecule has 3 heterocycles. The Morgan fingerprint density at radius 3 is 2.41 bits per heavy atom. The van der Waals surface area contributed by atoms with Crippen molar-refractivity contribution >= 4 is 39.7 Å². The van der Waals surface area contributed by atoms with Crippen LogP contribution in [0.4, 0.5) is 9.18 Å².